The van der Waals surface area contributed by atoms with Crippen LogP contribution in [-0.2, 0) is 11.3 Å². The lowest BCUT2D eigenvalue weighted by atomic mass is 9.89. The van der Waals surface area contributed by atoms with Gasteiger partial charge in [0.1, 0.15) is 5.69 Å². The highest BCUT2D eigenvalue weighted by molar-refractivity contribution is 6.00. The van der Waals surface area contributed by atoms with Gasteiger partial charge in [-0.1, -0.05) is 60.2 Å². The van der Waals surface area contributed by atoms with Gasteiger partial charge in [-0.2, -0.15) is 5.10 Å². The number of hydrogen-bond donors (Lipinski definition) is 1. The fraction of sp³-hybridized carbons (Fsp3) is 0.320. The summed E-state index contributed by atoms with van der Waals surface area (Å²) in [5.74, 6) is -0.108. The highest BCUT2D eigenvalue weighted by Gasteiger charge is 2.42. The van der Waals surface area contributed by atoms with E-state index in [1.54, 1.807) is 11.9 Å². The third-order valence-electron chi connectivity index (χ3n) is 6.04. The predicted molar refractivity (Wildman–Crippen MR) is 121 cm³/mol. The molecule has 2 aromatic carbocycles. The topological polar surface area (TPSA) is 67.2 Å². The number of amides is 2. The maximum Gasteiger partial charge on any atom is 0.257 e. The van der Waals surface area contributed by atoms with Gasteiger partial charge in [0.05, 0.1) is 17.5 Å². The number of aromatic nitrogens is 2. The van der Waals surface area contributed by atoms with Crippen molar-refractivity contribution in [2.75, 3.05) is 20.1 Å². The summed E-state index contributed by atoms with van der Waals surface area (Å²) in [5.41, 5.74) is 3.87. The number of nitrogens with one attached hydrogen (secondary N) is 1. The molecule has 1 saturated heterocycles. The summed E-state index contributed by atoms with van der Waals surface area (Å²) in [5, 5.41) is 7.50. The third-order valence-corrected chi connectivity index (χ3v) is 6.04. The van der Waals surface area contributed by atoms with Crippen molar-refractivity contribution in [2.24, 2.45) is 5.41 Å². The van der Waals surface area contributed by atoms with Gasteiger partial charge in [0, 0.05) is 31.9 Å². The molecule has 0 bridgehead atoms. The number of nitrogens with zero attached hydrogens (tertiary/aromatic N) is 3. The summed E-state index contributed by atoms with van der Waals surface area (Å²) in [6.07, 6.45) is 2.48. The number of aryl methyl sites for hydroxylation is 1. The van der Waals surface area contributed by atoms with Crippen molar-refractivity contribution in [2.45, 2.75) is 26.8 Å². The minimum absolute atomic E-state index is 0.0265. The SMILES string of the molecule is CNC(=O)C1(C)CCN(C(=O)c2cn(Cc3ccccc3)nc2-c2ccc(C)cc2)C1. The average molecular weight is 417 g/mol. The van der Waals surface area contributed by atoms with Crippen LogP contribution >= 0.6 is 0 Å². The molecule has 160 valence electrons. The van der Waals surface area contributed by atoms with Crippen molar-refractivity contribution < 1.29 is 9.59 Å². The van der Waals surface area contributed by atoms with Gasteiger partial charge in [0.15, 0.2) is 0 Å². The standard InChI is InChI=1S/C25H28N4O2/c1-18-9-11-20(12-10-18)22-21(16-29(27-22)15-19-7-5-4-6-8-19)23(30)28-14-13-25(2,17-28)24(31)26-3/h4-12,16H,13-15,17H2,1-3H3,(H,26,31). The normalized spacial score (nSPS) is 18.2. The first-order valence-corrected chi connectivity index (χ1v) is 10.6. The van der Waals surface area contributed by atoms with Crippen LogP contribution < -0.4 is 5.32 Å². The summed E-state index contributed by atoms with van der Waals surface area (Å²) in [6, 6.07) is 18.1. The first-order valence-electron chi connectivity index (χ1n) is 10.6. The second kappa shape index (κ2) is 8.38. The van der Waals surface area contributed by atoms with Crippen LogP contribution in [0.1, 0.15) is 34.8 Å². The Labute approximate surface area is 182 Å². The van der Waals surface area contributed by atoms with Crippen LogP contribution in [-0.4, -0.2) is 46.6 Å². The number of rotatable bonds is 5. The van der Waals surface area contributed by atoms with Crippen molar-refractivity contribution in [3.8, 4) is 11.3 Å². The van der Waals surface area contributed by atoms with E-state index in [0.717, 1.165) is 16.7 Å². The molecule has 1 fully saturated rings. The molecule has 0 radical (unpaired) electrons. The van der Waals surface area contributed by atoms with Crippen LogP contribution in [0.4, 0.5) is 0 Å². The lowest BCUT2D eigenvalue weighted by Crippen LogP contribution is -2.40. The summed E-state index contributed by atoms with van der Waals surface area (Å²) < 4.78 is 1.83. The molecule has 1 aromatic heterocycles. The molecule has 2 amide bonds. The van der Waals surface area contributed by atoms with Gasteiger partial charge in [-0.15, -0.1) is 0 Å². The van der Waals surface area contributed by atoms with E-state index in [2.05, 4.69) is 5.32 Å². The second-order valence-electron chi connectivity index (χ2n) is 8.56. The number of likely N-dealkylation sites (tertiary alicyclic amines) is 1. The molecular weight excluding hydrogens is 388 g/mol. The smallest absolute Gasteiger partial charge is 0.257 e. The van der Waals surface area contributed by atoms with E-state index in [9.17, 15) is 9.59 Å². The first-order chi connectivity index (χ1) is 14.9. The van der Waals surface area contributed by atoms with Gasteiger partial charge in [-0.3, -0.25) is 14.3 Å². The van der Waals surface area contributed by atoms with Crippen LogP contribution in [0.5, 0.6) is 0 Å². The van der Waals surface area contributed by atoms with Crippen molar-refractivity contribution in [3.63, 3.8) is 0 Å². The summed E-state index contributed by atoms with van der Waals surface area (Å²) in [7, 11) is 1.64. The van der Waals surface area contributed by atoms with Crippen LogP contribution in [0, 0.1) is 12.3 Å². The lowest BCUT2D eigenvalue weighted by molar-refractivity contribution is -0.128. The first kappa shape index (κ1) is 20.8. The predicted octanol–water partition coefficient (Wildman–Crippen LogP) is 3.51. The Morgan fingerprint density at radius 2 is 1.81 bits per heavy atom. The molecule has 1 aliphatic rings. The van der Waals surface area contributed by atoms with E-state index in [1.165, 1.54) is 0 Å². The van der Waals surface area contributed by atoms with Gasteiger partial charge in [-0.05, 0) is 25.8 Å². The van der Waals surface area contributed by atoms with Gasteiger partial charge in [-0.25, -0.2) is 0 Å². The fourth-order valence-corrected chi connectivity index (χ4v) is 4.15. The Morgan fingerprint density at radius 1 is 1.10 bits per heavy atom. The zero-order valence-corrected chi connectivity index (χ0v) is 18.3. The van der Waals surface area contributed by atoms with E-state index < -0.39 is 5.41 Å². The minimum atomic E-state index is -0.561. The Hall–Kier alpha value is -3.41. The van der Waals surface area contributed by atoms with Gasteiger partial charge in [0.25, 0.3) is 5.91 Å². The minimum Gasteiger partial charge on any atom is -0.359 e. The molecule has 0 spiro atoms. The molecule has 1 unspecified atom stereocenters. The summed E-state index contributed by atoms with van der Waals surface area (Å²) in [4.78, 5) is 27.6. The van der Waals surface area contributed by atoms with Gasteiger partial charge >= 0.3 is 0 Å². The summed E-state index contributed by atoms with van der Waals surface area (Å²) in [6.45, 7) is 5.50. The zero-order chi connectivity index (χ0) is 22.0. The van der Waals surface area contributed by atoms with Crippen molar-refractivity contribution >= 4 is 11.8 Å². The molecule has 3 aromatic rings. The third kappa shape index (κ3) is 4.24. The lowest BCUT2D eigenvalue weighted by Gasteiger charge is -2.22. The van der Waals surface area contributed by atoms with E-state index in [0.29, 0.717) is 37.3 Å². The molecule has 31 heavy (non-hydrogen) atoms. The number of hydrogen-bond acceptors (Lipinski definition) is 3. The van der Waals surface area contributed by atoms with E-state index in [1.807, 2.05) is 79.3 Å². The van der Waals surface area contributed by atoms with E-state index in [-0.39, 0.29) is 11.8 Å². The van der Waals surface area contributed by atoms with Crippen LogP contribution in [0.3, 0.4) is 0 Å². The molecule has 0 aliphatic carbocycles. The molecule has 2 heterocycles. The monoisotopic (exact) mass is 416 g/mol. The van der Waals surface area contributed by atoms with Gasteiger partial charge in [0.2, 0.25) is 5.91 Å². The van der Waals surface area contributed by atoms with Crippen molar-refractivity contribution in [1.29, 1.82) is 0 Å². The number of carbonyl (C=O) groups excluding carboxylic acids is 2. The van der Waals surface area contributed by atoms with Crippen molar-refractivity contribution in [3.05, 3.63) is 77.5 Å². The Balaban J connectivity index is 1.67. The maximum absolute atomic E-state index is 13.5. The average Bonchev–Trinajstić information content (AvgIpc) is 3.39. The largest absolute Gasteiger partial charge is 0.359 e. The highest BCUT2D eigenvalue weighted by Crippen LogP contribution is 2.32. The summed E-state index contributed by atoms with van der Waals surface area (Å²) >= 11 is 0. The van der Waals surface area contributed by atoms with Gasteiger partial charge < -0.3 is 10.2 Å². The van der Waals surface area contributed by atoms with Crippen LogP contribution in [0.2, 0.25) is 0 Å². The second-order valence-corrected chi connectivity index (χ2v) is 8.56. The van der Waals surface area contributed by atoms with Crippen LogP contribution in [0.25, 0.3) is 11.3 Å². The molecule has 1 aliphatic heterocycles. The Morgan fingerprint density at radius 3 is 2.48 bits per heavy atom. The van der Waals surface area contributed by atoms with E-state index in [4.69, 9.17) is 5.10 Å². The molecule has 0 saturated carbocycles. The molecule has 1 N–H and O–H groups in total. The quantitative estimate of drug-likeness (QED) is 0.692. The number of carbonyl (C=O) groups is 2. The molecule has 6 nitrogen and oxygen atoms in total. The van der Waals surface area contributed by atoms with Crippen molar-refractivity contribution in [1.82, 2.24) is 20.0 Å². The highest BCUT2D eigenvalue weighted by atomic mass is 16.2. The molecule has 6 heteroatoms. The molecular formula is C25H28N4O2. The number of benzene rings is 2. The molecule has 4 rings (SSSR count). The fourth-order valence-electron chi connectivity index (χ4n) is 4.15. The zero-order valence-electron chi connectivity index (χ0n) is 18.3. The van der Waals surface area contributed by atoms with Crippen LogP contribution in [0.15, 0.2) is 60.8 Å². The Bertz CT molecular complexity index is 1090. The Kier molecular flexibility index (Phi) is 5.63. The molecule has 1 atom stereocenters. The maximum atomic E-state index is 13.5. The van der Waals surface area contributed by atoms with E-state index >= 15 is 0 Å².